The Kier molecular flexibility index (Phi) is 3.33. The van der Waals surface area contributed by atoms with Crippen molar-refractivity contribution in [3.05, 3.63) is 29.3 Å². The van der Waals surface area contributed by atoms with Gasteiger partial charge in [0.2, 0.25) is 0 Å². The van der Waals surface area contributed by atoms with Gasteiger partial charge in [-0.2, -0.15) is 0 Å². The van der Waals surface area contributed by atoms with Gasteiger partial charge in [0.1, 0.15) is 5.75 Å². The maximum Gasteiger partial charge on any atom is 0.251 e. The van der Waals surface area contributed by atoms with E-state index in [1.165, 1.54) is 6.07 Å². The van der Waals surface area contributed by atoms with E-state index in [1.54, 1.807) is 12.1 Å². The van der Waals surface area contributed by atoms with Crippen LogP contribution in [0.2, 0.25) is 0 Å². The Morgan fingerprint density at radius 3 is 2.88 bits per heavy atom. The lowest BCUT2D eigenvalue weighted by Gasteiger charge is -2.16. The van der Waals surface area contributed by atoms with Crippen molar-refractivity contribution in [2.75, 3.05) is 6.61 Å². The minimum atomic E-state index is -0.107. The maximum atomic E-state index is 12.0. The molecule has 2 rings (SSSR count). The van der Waals surface area contributed by atoms with E-state index < -0.39 is 0 Å². The molecule has 4 heteroatoms. The van der Waals surface area contributed by atoms with Crippen molar-refractivity contribution in [2.45, 2.75) is 32.4 Å². The molecule has 1 saturated heterocycles. The van der Waals surface area contributed by atoms with Gasteiger partial charge in [0.05, 0.1) is 12.1 Å². The Hall–Kier alpha value is -1.55. The van der Waals surface area contributed by atoms with E-state index >= 15 is 0 Å². The second-order valence-corrected chi connectivity index (χ2v) is 4.44. The van der Waals surface area contributed by atoms with Crippen molar-refractivity contribution in [1.82, 2.24) is 5.32 Å². The molecule has 1 aliphatic rings. The number of aryl methyl sites for hydroxylation is 1. The second kappa shape index (κ2) is 4.75. The molecule has 92 valence electrons. The van der Waals surface area contributed by atoms with Crippen LogP contribution in [0.5, 0.6) is 5.75 Å². The molecule has 0 bridgehead atoms. The van der Waals surface area contributed by atoms with Gasteiger partial charge in [-0.1, -0.05) is 0 Å². The largest absolute Gasteiger partial charge is 0.508 e. The summed E-state index contributed by atoms with van der Waals surface area (Å²) in [6.07, 6.45) is 0.917. The van der Waals surface area contributed by atoms with Crippen molar-refractivity contribution in [1.29, 1.82) is 0 Å². The summed E-state index contributed by atoms with van der Waals surface area (Å²) in [6, 6.07) is 4.83. The molecule has 4 nitrogen and oxygen atoms in total. The number of hydrogen-bond acceptors (Lipinski definition) is 3. The lowest BCUT2D eigenvalue weighted by Crippen LogP contribution is -2.39. The van der Waals surface area contributed by atoms with Gasteiger partial charge in [-0.15, -0.1) is 0 Å². The van der Waals surface area contributed by atoms with Crippen LogP contribution >= 0.6 is 0 Å². The minimum absolute atomic E-state index is 0.0661. The topological polar surface area (TPSA) is 58.6 Å². The maximum absolute atomic E-state index is 12.0. The number of nitrogens with one attached hydrogen (secondary N) is 1. The number of carbonyl (C=O) groups is 1. The molecule has 1 aromatic carbocycles. The third kappa shape index (κ3) is 2.58. The average molecular weight is 235 g/mol. The number of amides is 1. The molecule has 2 atom stereocenters. The van der Waals surface area contributed by atoms with Crippen LogP contribution in [0.25, 0.3) is 0 Å². The third-order valence-electron chi connectivity index (χ3n) is 3.15. The van der Waals surface area contributed by atoms with Crippen LogP contribution in [0.15, 0.2) is 18.2 Å². The summed E-state index contributed by atoms with van der Waals surface area (Å²) in [5, 5.41) is 12.3. The monoisotopic (exact) mass is 235 g/mol. The van der Waals surface area contributed by atoms with E-state index in [0.717, 1.165) is 12.0 Å². The molecule has 2 N–H and O–H groups in total. The van der Waals surface area contributed by atoms with E-state index in [2.05, 4.69) is 5.32 Å². The Morgan fingerprint density at radius 2 is 2.29 bits per heavy atom. The molecule has 17 heavy (non-hydrogen) atoms. The van der Waals surface area contributed by atoms with Crippen LogP contribution in [0, 0.1) is 6.92 Å². The third-order valence-corrected chi connectivity index (χ3v) is 3.15. The summed E-state index contributed by atoms with van der Waals surface area (Å²) in [4.78, 5) is 12.0. The van der Waals surface area contributed by atoms with Gasteiger partial charge in [0.15, 0.2) is 0 Å². The van der Waals surface area contributed by atoms with Gasteiger partial charge < -0.3 is 15.2 Å². The minimum Gasteiger partial charge on any atom is -0.508 e. The van der Waals surface area contributed by atoms with Crippen molar-refractivity contribution in [3.63, 3.8) is 0 Å². The first kappa shape index (κ1) is 11.9. The van der Waals surface area contributed by atoms with Crippen molar-refractivity contribution < 1.29 is 14.6 Å². The number of carbonyl (C=O) groups excluding carboxylic acids is 1. The number of phenols is 1. The van der Waals surface area contributed by atoms with Crippen LogP contribution in [-0.4, -0.2) is 29.8 Å². The molecular formula is C13H17NO3. The number of aromatic hydroxyl groups is 1. The van der Waals surface area contributed by atoms with E-state index in [9.17, 15) is 9.90 Å². The molecule has 2 unspecified atom stereocenters. The number of hydrogen-bond donors (Lipinski definition) is 2. The van der Waals surface area contributed by atoms with Gasteiger partial charge in [-0.05, 0) is 44.0 Å². The summed E-state index contributed by atoms with van der Waals surface area (Å²) >= 11 is 0. The summed E-state index contributed by atoms with van der Waals surface area (Å²) < 4.78 is 5.40. The Balaban J connectivity index is 2.09. The van der Waals surface area contributed by atoms with Crippen LogP contribution < -0.4 is 5.32 Å². The molecule has 1 aromatic rings. The van der Waals surface area contributed by atoms with E-state index in [1.807, 2.05) is 13.8 Å². The van der Waals surface area contributed by atoms with Gasteiger partial charge in [-0.25, -0.2) is 0 Å². The van der Waals surface area contributed by atoms with Crippen molar-refractivity contribution in [2.24, 2.45) is 0 Å². The summed E-state index contributed by atoms with van der Waals surface area (Å²) in [6.45, 7) is 4.46. The molecule has 1 fully saturated rings. The number of benzene rings is 1. The predicted octanol–water partition coefficient (Wildman–Crippen LogP) is 1.61. The SMILES string of the molecule is Cc1cc(O)ccc1C(=O)NC1CCOC1C. The molecule has 0 spiro atoms. The lowest BCUT2D eigenvalue weighted by molar-refractivity contribution is 0.0865. The average Bonchev–Trinajstić information content (AvgIpc) is 2.64. The first-order chi connectivity index (χ1) is 8.08. The van der Waals surface area contributed by atoms with E-state index in [4.69, 9.17) is 4.74 Å². The van der Waals surface area contributed by atoms with Crippen LogP contribution in [0.3, 0.4) is 0 Å². The van der Waals surface area contributed by atoms with Gasteiger partial charge in [0.25, 0.3) is 5.91 Å². The van der Waals surface area contributed by atoms with Gasteiger partial charge in [-0.3, -0.25) is 4.79 Å². The molecule has 0 saturated carbocycles. The van der Waals surface area contributed by atoms with Crippen molar-refractivity contribution >= 4 is 5.91 Å². The Labute approximate surface area is 101 Å². The zero-order valence-electron chi connectivity index (χ0n) is 10.1. The molecule has 0 aromatic heterocycles. The molecule has 1 aliphatic heterocycles. The lowest BCUT2D eigenvalue weighted by atomic mass is 10.1. The summed E-state index contributed by atoms with van der Waals surface area (Å²) in [5.74, 6) is 0.0708. The highest BCUT2D eigenvalue weighted by Gasteiger charge is 2.26. The normalized spacial score (nSPS) is 23.6. The molecule has 0 aliphatic carbocycles. The number of phenolic OH excluding ortho intramolecular Hbond substituents is 1. The fraction of sp³-hybridized carbons (Fsp3) is 0.462. The highest BCUT2D eigenvalue weighted by molar-refractivity contribution is 5.96. The molecular weight excluding hydrogens is 218 g/mol. The fourth-order valence-electron chi connectivity index (χ4n) is 2.07. The second-order valence-electron chi connectivity index (χ2n) is 4.44. The first-order valence-corrected chi connectivity index (χ1v) is 5.80. The summed E-state index contributed by atoms with van der Waals surface area (Å²) in [5.41, 5.74) is 1.37. The number of ether oxygens (including phenoxy) is 1. The predicted molar refractivity (Wildman–Crippen MR) is 64.1 cm³/mol. The number of rotatable bonds is 2. The standard InChI is InChI=1S/C13H17NO3/c1-8-7-10(15)3-4-11(8)13(16)14-12-5-6-17-9(12)2/h3-4,7,9,12,15H,5-6H2,1-2H3,(H,14,16). The van der Waals surface area contributed by atoms with Crippen LogP contribution in [0.1, 0.15) is 29.3 Å². The van der Waals surface area contributed by atoms with Crippen molar-refractivity contribution in [3.8, 4) is 5.75 Å². The van der Waals surface area contributed by atoms with Crippen LogP contribution in [0.4, 0.5) is 0 Å². The zero-order valence-corrected chi connectivity index (χ0v) is 10.1. The van der Waals surface area contributed by atoms with Gasteiger partial charge >= 0.3 is 0 Å². The summed E-state index contributed by atoms with van der Waals surface area (Å²) in [7, 11) is 0. The highest BCUT2D eigenvalue weighted by atomic mass is 16.5. The highest BCUT2D eigenvalue weighted by Crippen LogP contribution is 2.17. The Bertz CT molecular complexity index is 431. The smallest absolute Gasteiger partial charge is 0.251 e. The van der Waals surface area contributed by atoms with Crippen LogP contribution in [-0.2, 0) is 4.74 Å². The fourth-order valence-corrected chi connectivity index (χ4v) is 2.07. The molecule has 1 heterocycles. The Morgan fingerprint density at radius 1 is 1.53 bits per heavy atom. The van der Waals surface area contributed by atoms with E-state index in [-0.39, 0.29) is 23.8 Å². The first-order valence-electron chi connectivity index (χ1n) is 5.80. The van der Waals surface area contributed by atoms with Gasteiger partial charge in [0, 0.05) is 12.2 Å². The quantitative estimate of drug-likeness (QED) is 0.818. The zero-order chi connectivity index (χ0) is 12.4. The molecule has 1 amide bonds. The van der Waals surface area contributed by atoms with E-state index in [0.29, 0.717) is 12.2 Å². The molecule has 0 radical (unpaired) electrons.